The quantitative estimate of drug-likeness (QED) is 0.849. The molecule has 0 amide bonds. The second kappa shape index (κ2) is 7.12. The summed E-state index contributed by atoms with van der Waals surface area (Å²) in [5.74, 6) is 0.145. The van der Waals surface area contributed by atoms with Gasteiger partial charge in [-0.15, -0.1) is 0 Å². The van der Waals surface area contributed by atoms with E-state index in [-0.39, 0.29) is 12.5 Å². The molecule has 106 valence electrons. The van der Waals surface area contributed by atoms with Gasteiger partial charge in [0.1, 0.15) is 0 Å². The van der Waals surface area contributed by atoms with E-state index in [9.17, 15) is 5.11 Å². The van der Waals surface area contributed by atoms with Crippen LogP contribution in [-0.2, 0) is 12.8 Å². The van der Waals surface area contributed by atoms with E-state index in [4.69, 9.17) is 23.2 Å². The lowest BCUT2D eigenvalue weighted by Gasteiger charge is -2.16. The Hall–Kier alpha value is -1.02. The SMILES string of the molecule is Cc1ccccc1CC(CO)Cc1cc(Cl)ccc1Cl. The van der Waals surface area contributed by atoms with Gasteiger partial charge < -0.3 is 5.11 Å². The fourth-order valence-electron chi connectivity index (χ4n) is 2.36. The van der Waals surface area contributed by atoms with Crippen molar-refractivity contribution in [3.05, 3.63) is 69.2 Å². The number of rotatable bonds is 5. The third kappa shape index (κ3) is 3.99. The fraction of sp³-hybridized carbons (Fsp3) is 0.294. The van der Waals surface area contributed by atoms with E-state index in [1.807, 2.05) is 18.2 Å². The second-order valence-electron chi connectivity index (χ2n) is 5.12. The molecule has 0 aliphatic rings. The van der Waals surface area contributed by atoms with Crippen LogP contribution in [-0.4, -0.2) is 11.7 Å². The molecule has 0 bridgehead atoms. The van der Waals surface area contributed by atoms with Crippen LogP contribution in [0.15, 0.2) is 42.5 Å². The Balaban J connectivity index is 2.13. The maximum atomic E-state index is 9.62. The predicted molar refractivity (Wildman–Crippen MR) is 85.6 cm³/mol. The van der Waals surface area contributed by atoms with E-state index >= 15 is 0 Å². The normalized spacial score (nSPS) is 12.4. The molecule has 0 aliphatic heterocycles. The third-order valence-corrected chi connectivity index (χ3v) is 4.15. The van der Waals surface area contributed by atoms with Gasteiger partial charge in [-0.2, -0.15) is 0 Å². The van der Waals surface area contributed by atoms with Gasteiger partial charge in [-0.05, 0) is 60.6 Å². The van der Waals surface area contributed by atoms with E-state index in [1.165, 1.54) is 11.1 Å². The first-order valence-electron chi connectivity index (χ1n) is 6.69. The molecule has 0 saturated heterocycles. The lowest BCUT2D eigenvalue weighted by atomic mass is 9.91. The molecule has 1 unspecified atom stereocenters. The molecular formula is C17H18Cl2O. The Morgan fingerprint density at radius 2 is 1.70 bits per heavy atom. The van der Waals surface area contributed by atoms with E-state index in [0.29, 0.717) is 10.0 Å². The molecule has 20 heavy (non-hydrogen) atoms. The Morgan fingerprint density at radius 1 is 1.00 bits per heavy atom. The first-order valence-corrected chi connectivity index (χ1v) is 7.45. The van der Waals surface area contributed by atoms with Gasteiger partial charge in [-0.1, -0.05) is 47.5 Å². The van der Waals surface area contributed by atoms with Crippen LogP contribution in [0.25, 0.3) is 0 Å². The Morgan fingerprint density at radius 3 is 2.40 bits per heavy atom. The summed E-state index contributed by atoms with van der Waals surface area (Å²) in [6, 6.07) is 13.7. The standard InChI is InChI=1S/C17H18Cl2O/c1-12-4-2-3-5-14(12)8-13(11-20)9-15-10-16(18)6-7-17(15)19/h2-7,10,13,20H,8-9,11H2,1H3. The van der Waals surface area contributed by atoms with Gasteiger partial charge in [0.2, 0.25) is 0 Å². The molecule has 0 radical (unpaired) electrons. The summed E-state index contributed by atoms with van der Waals surface area (Å²) in [5.41, 5.74) is 3.51. The first-order chi connectivity index (χ1) is 9.60. The molecule has 2 aromatic rings. The van der Waals surface area contributed by atoms with Gasteiger partial charge in [-0.25, -0.2) is 0 Å². The molecule has 0 aliphatic carbocycles. The predicted octanol–water partition coefficient (Wildman–Crippen LogP) is 4.70. The molecule has 0 heterocycles. The smallest absolute Gasteiger partial charge is 0.0465 e. The van der Waals surface area contributed by atoms with Crippen molar-refractivity contribution in [2.75, 3.05) is 6.61 Å². The maximum absolute atomic E-state index is 9.62. The van der Waals surface area contributed by atoms with Crippen LogP contribution in [0, 0.1) is 12.8 Å². The highest BCUT2D eigenvalue weighted by Crippen LogP contribution is 2.25. The first kappa shape index (κ1) is 15.4. The van der Waals surface area contributed by atoms with Crippen LogP contribution in [0.1, 0.15) is 16.7 Å². The number of hydrogen-bond donors (Lipinski definition) is 1. The summed E-state index contributed by atoms with van der Waals surface area (Å²) in [6.45, 7) is 2.23. The lowest BCUT2D eigenvalue weighted by Crippen LogP contribution is -2.14. The third-order valence-electron chi connectivity index (χ3n) is 3.54. The molecule has 0 saturated carbocycles. The van der Waals surface area contributed by atoms with Gasteiger partial charge in [0.15, 0.2) is 0 Å². The lowest BCUT2D eigenvalue weighted by molar-refractivity contribution is 0.225. The average molecular weight is 309 g/mol. The number of benzene rings is 2. The average Bonchev–Trinajstić information content (AvgIpc) is 2.44. The molecular weight excluding hydrogens is 291 g/mol. The van der Waals surface area contributed by atoms with E-state index in [0.717, 1.165) is 18.4 Å². The van der Waals surface area contributed by atoms with Crippen molar-refractivity contribution in [1.82, 2.24) is 0 Å². The molecule has 2 rings (SSSR count). The van der Waals surface area contributed by atoms with Crippen LogP contribution < -0.4 is 0 Å². The zero-order valence-electron chi connectivity index (χ0n) is 11.4. The summed E-state index contributed by atoms with van der Waals surface area (Å²) < 4.78 is 0. The second-order valence-corrected chi connectivity index (χ2v) is 5.96. The largest absolute Gasteiger partial charge is 0.396 e. The minimum absolute atomic E-state index is 0.136. The Kier molecular flexibility index (Phi) is 5.47. The van der Waals surface area contributed by atoms with Gasteiger partial charge >= 0.3 is 0 Å². The topological polar surface area (TPSA) is 20.2 Å². The van der Waals surface area contributed by atoms with Crippen molar-refractivity contribution >= 4 is 23.2 Å². The molecule has 1 nitrogen and oxygen atoms in total. The van der Waals surface area contributed by atoms with Crippen LogP contribution in [0.2, 0.25) is 10.0 Å². The monoisotopic (exact) mass is 308 g/mol. The molecule has 1 atom stereocenters. The number of hydrogen-bond acceptors (Lipinski definition) is 1. The van der Waals surface area contributed by atoms with Gasteiger partial charge in [0, 0.05) is 16.7 Å². The molecule has 0 fully saturated rings. The van der Waals surface area contributed by atoms with Crippen molar-refractivity contribution in [2.45, 2.75) is 19.8 Å². The zero-order valence-corrected chi connectivity index (χ0v) is 13.0. The van der Waals surface area contributed by atoms with Gasteiger partial charge in [0.25, 0.3) is 0 Å². The maximum Gasteiger partial charge on any atom is 0.0465 e. The highest BCUT2D eigenvalue weighted by atomic mass is 35.5. The van der Waals surface area contributed by atoms with Crippen molar-refractivity contribution < 1.29 is 5.11 Å². The van der Waals surface area contributed by atoms with Crippen molar-refractivity contribution in [3.8, 4) is 0 Å². The number of aliphatic hydroxyl groups is 1. The summed E-state index contributed by atoms with van der Waals surface area (Å²) in [7, 11) is 0. The van der Waals surface area contributed by atoms with Crippen LogP contribution in [0.3, 0.4) is 0 Å². The van der Waals surface area contributed by atoms with E-state index in [1.54, 1.807) is 12.1 Å². The van der Waals surface area contributed by atoms with Gasteiger partial charge in [0.05, 0.1) is 0 Å². The van der Waals surface area contributed by atoms with E-state index < -0.39 is 0 Å². The number of halogens is 2. The zero-order chi connectivity index (χ0) is 14.5. The summed E-state index contributed by atoms with van der Waals surface area (Å²) in [5, 5.41) is 11.0. The van der Waals surface area contributed by atoms with Crippen molar-refractivity contribution in [3.63, 3.8) is 0 Å². The van der Waals surface area contributed by atoms with E-state index in [2.05, 4.69) is 19.1 Å². The van der Waals surface area contributed by atoms with Crippen LogP contribution in [0.4, 0.5) is 0 Å². The molecule has 2 aromatic carbocycles. The summed E-state index contributed by atoms with van der Waals surface area (Å²) in [6.07, 6.45) is 1.57. The fourth-order valence-corrected chi connectivity index (χ4v) is 2.75. The van der Waals surface area contributed by atoms with Crippen LogP contribution >= 0.6 is 23.2 Å². The Labute approximate surface area is 130 Å². The van der Waals surface area contributed by atoms with Crippen molar-refractivity contribution in [1.29, 1.82) is 0 Å². The Bertz CT molecular complexity index is 581. The molecule has 0 spiro atoms. The van der Waals surface area contributed by atoms with Crippen LogP contribution in [0.5, 0.6) is 0 Å². The minimum atomic E-state index is 0.136. The van der Waals surface area contributed by atoms with Crippen molar-refractivity contribution in [2.24, 2.45) is 5.92 Å². The number of aliphatic hydroxyl groups excluding tert-OH is 1. The van der Waals surface area contributed by atoms with Gasteiger partial charge in [-0.3, -0.25) is 0 Å². The molecule has 3 heteroatoms. The summed E-state index contributed by atoms with van der Waals surface area (Å²) in [4.78, 5) is 0. The number of aryl methyl sites for hydroxylation is 1. The summed E-state index contributed by atoms with van der Waals surface area (Å²) >= 11 is 12.2. The highest BCUT2D eigenvalue weighted by Gasteiger charge is 2.13. The molecule has 1 N–H and O–H groups in total. The molecule has 0 aromatic heterocycles. The highest BCUT2D eigenvalue weighted by molar-refractivity contribution is 6.33. The minimum Gasteiger partial charge on any atom is -0.396 e.